The molecule has 0 saturated carbocycles. The van der Waals surface area contributed by atoms with Crippen molar-refractivity contribution in [2.75, 3.05) is 20.0 Å². The van der Waals surface area contributed by atoms with Crippen molar-refractivity contribution in [2.24, 2.45) is 7.05 Å². The van der Waals surface area contributed by atoms with Crippen molar-refractivity contribution < 1.29 is 9.47 Å². The highest BCUT2D eigenvalue weighted by molar-refractivity contribution is 6.32. The summed E-state index contributed by atoms with van der Waals surface area (Å²) in [6.07, 6.45) is 0. The van der Waals surface area contributed by atoms with Crippen molar-refractivity contribution in [2.45, 2.75) is 0 Å². The van der Waals surface area contributed by atoms with Gasteiger partial charge in [-0.05, 0) is 18.2 Å². The number of imidazole rings is 1. The normalized spacial score (nSPS) is 10.4. The topological polar surface area (TPSA) is 62.3 Å². The molecule has 0 aliphatic heterocycles. The van der Waals surface area contributed by atoms with E-state index in [1.54, 1.807) is 25.8 Å². The first-order valence-electron chi connectivity index (χ1n) is 5.28. The van der Waals surface area contributed by atoms with E-state index < -0.39 is 0 Å². The predicted molar refractivity (Wildman–Crippen MR) is 71.2 cm³/mol. The third kappa shape index (κ3) is 1.97. The number of benzene rings is 1. The van der Waals surface area contributed by atoms with Gasteiger partial charge in [-0.1, -0.05) is 11.6 Å². The number of nitrogens with two attached hydrogens (primary N) is 1. The molecule has 6 heteroatoms. The van der Waals surface area contributed by atoms with E-state index in [0.29, 0.717) is 22.6 Å². The Bertz CT molecular complexity index is 581. The first-order chi connectivity index (χ1) is 8.58. The summed E-state index contributed by atoms with van der Waals surface area (Å²) >= 11 is 6.07. The molecule has 0 radical (unpaired) electrons. The van der Waals surface area contributed by atoms with Crippen LogP contribution in [0.4, 0.5) is 5.95 Å². The third-order valence-electron chi connectivity index (χ3n) is 2.74. The smallest absolute Gasteiger partial charge is 0.201 e. The first kappa shape index (κ1) is 12.6. The van der Waals surface area contributed by atoms with Gasteiger partial charge in [0.25, 0.3) is 0 Å². The van der Waals surface area contributed by atoms with Crippen molar-refractivity contribution in [3.63, 3.8) is 0 Å². The van der Waals surface area contributed by atoms with Crippen LogP contribution in [0.2, 0.25) is 5.15 Å². The van der Waals surface area contributed by atoms with Crippen LogP contribution in [0.5, 0.6) is 11.5 Å². The standard InChI is InChI=1S/C12H14ClN3O2/c1-16-10(11(13)15-12(16)14)7-4-5-8(17-2)9(6-7)18-3/h4-6H,1-3H3,(H2,14,15). The van der Waals surface area contributed by atoms with Gasteiger partial charge in [0.2, 0.25) is 5.95 Å². The molecular weight excluding hydrogens is 254 g/mol. The Morgan fingerprint density at radius 1 is 1.22 bits per heavy atom. The van der Waals surface area contributed by atoms with E-state index in [-0.39, 0.29) is 0 Å². The van der Waals surface area contributed by atoms with Crippen LogP contribution < -0.4 is 15.2 Å². The molecule has 18 heavy (non-hydrogen) atoms. The van der Waals surface area contributed by atoms with E-state index in [0.717, 1.165) is 11.3 Å². The molecule has 96 valence electrons. The van der Waals surface area contributed by atoms with Crippen LogP contribution in [0.1, 0.15) is 0 Å². The average molecular weight is 268 g/mol. The Morgan fingerprint density at radius 2 is 1.89 bits per heavy atom. The van der Waals surface area contributed by atoms with Crippen molar-refractivity contribution >= 4 is 17.5 Å². The minimum absolute atomic E-state index is 0.363. The minimum atomic E-state index is 0.363. The van der Waals surface area contributed by atoms with E-state index in [1.165, 1.54) is 0 Å². The minimum Gasteiger partial charge on any atom is -0.493 e. The molecule has 2 aromatic rings. The average Bonchev–Trinajstić information content (AvgIpc) is 2.62. The molecular formula is C12H14ClN3O2. The number of ether oxygens (including phenoxy) is 2. The summed E-state index contributed by atoms with van der Waals surface area (Å²) in [4.78, 5) is 4.02. The Morgan fingerprint density at radius 3 is 2.39 bits per heavy atom. The lowest BCUT2D eigenvalue weighted by Crippen LogP contribution is -1.99. The Kier molecular flexibility index (Phi) is 3.34. The zero-order chi connectivity index (χ0) is 13.3. The SMILES string of the molecule is COc1ccc(-c2c(Cl)nc(N)n2C)cc1OC. The molecule has 0 aliphatic rings. The Labute approximate surface area is 110 Å². The van der Waals surface area contributed by atoms with Crippen molar-refractivity contribution in [3.05, 3.63) is 23.4 Å². The molecule has 0 bridgehead atoms. The van der Waals surface area contributed by atoms with Gasteiger partial charge >= 0.3 is 0 Å². The lowest BCUT2D eigenvalue weighted by Gasteiger charge is -2.10. The predicted octanol–water partition coefficient (Wildman–Crippen LogP) is 2.34. The summed E-state index contributed by atoms with van der Waals surface area (Å²) in [7, 11) is 4.98. The van der Waals surface area contributed by atoms with Gasteiger partial charge in [-0.15, -0.1) is 0 Å². The van der Waals surface area contributed by atoms with Crippen molar-refractivity contribution in [3.8, 4) is 22.8 Å². The molecule has 0 unspecified atom stereocenters. The van der Waals surface area contributed by atoms with Gasteiger partial charge in [0.05, 0.1) is 19.9 Å². The number of rotatable bonds is 3. The number of nitrogens with zero attached hydrogens (tertiary/aromatic N) is 2. The molecule has 2 rings (SSSR count). The zero-order valence-corrected chi connectivity index (χ0v) is 11.2. The number of hydrogen-bond donors (Lipinski definition) is 1. The molecule has 0 spiro atoms. The maximum absolute atomic E-state index is 6.07. The summed E-state index contributed by atoms with van der Waals surface area (Å²) < 4.78 is 12.2. The molecule has 0 saturated heterocycles. The lowest BCUT2D eigenvalue weighted by atomic mass is 10.1. The van der Waals surface area contributed by atoms with Gasteiger partial charge in [-0.2, -0.15) is 0 Å². The fraction of sp³-hybridized carbons (Fsp3) is 0.250. The summed E-state index contributed by atoms with van der Waals surface area (Å²) in [5.74, 6) is 1.66. The summed E-state index contributed by atoms with van der Waals surface area (Å²) in [5, 5.41) is 0.363. The molecule has 0 aliphatic carbocycles. The van der Waals surface area contributed by atoms with Gasteiger partial charge < -0.3 is 19.8 Å². The largest absolute Gasteiger partial charge is 0.493 e. The highest BCUT2D eigenvalue weighted by Crippen LogP contribution is 2.35. The van der Waals surface area contributed by atoms with Crippen LogP contribution in [0.3, 0.4) is 0 Å². The number of halogens is 1. The highest BCUT2D eigenvalue weighted by Gasteiger charge is 2.15. The fourth-order valence-electron chi connectivity index (χ4n) is 1.78. The summed E-state index contributed by atoms with van der Waals surface area (Å²) in [6.45, 7) is 0. The van der Waals surface area contributed by atoms with Gasteiger partial charge in [0.15, 0.2) is 16.7 Å². The van der Waals surface area contributed by atoms with Crippen LogP contribution in [0.15, 0.2) is 18.2 Å². The molecule has 0 fully saturated rings. The quantitative estimate of drug-likeness (QED) is 0.927. The van der Waals surface area contributed by atoms with Gasteiger partial charge in [-0.3, -0.25) is 0 Å². The monoisotopic (exact) mass is 267 g/mol. The molecule has 0 amide bonds. The van der Waals surface area contributed by atoms with E-state index in [9.17, 15) is 0 Å². The number of methoxy groups -OCH3 is 2. The van der Waals surface area contributed by atoms with Gasteiger partial charge in [0.1, 0.15) is 0 Å². The van der Waals surface area contributed by atoms with E-state index >= 15 is 0 Å². The Hall–Kier alpha value is -1.88. The first-order valence-corrected chi connectivity index (χ1v) is 5.66. The number of hydrogen-bond acceptors (Lipinski definition) is 4. The van der Waals surface area contributed by atoms with Crippen LogP contribution in [-0.2, 0) is 7.05 Å². The zero-order valence-electron chi connectivity index (χ0n) is 10.4. The third-order valence-corrected chi connectivity index (χ3v) is 3.01. The molecule has 1 heterocycles. The second-order valence-electron chi connectivity index (χ2n) is 3.74. The number of nitrogen functional groups attached to an aromatic ring is 1. The van der Waals surface area contributed by atoms with Gasteiger partial charge in [-0.25, -0.2) is 4.98 Å². The highest BCUT2D eigenvalue weighted by atomic mass is 35.5. The van der Waals surface area contributed by atoms with Crippen LogP contribution >= 0.6 is 11.6 Å². The number of anilines is 1. The van der Waals surface area contributed by atoms with Crippen molar-refractivity contribution in [1.82, 2.24) is 9.55 Å². The molecule has 0 atom stereocenters. The molecule has 2 N–H and O–H groups in total. The second kappa shape index (κ2) is 4.78. The summed E-state index contributed by atoms with van der Waals surface area (Å²) in [6, 6.07) is 5.53. The van der Waals surface area contributed by atoms with Crippen LogP contribution in [-0.4, -0.2) is 23.8 Å². The second-order valence-corrected chi connectivity index (χ2v) is 4.10. The number of aromatic nitrogens is 2. The summed E-state index contributed by atoms with van der Waals surface area (Å²) in [5.41, 5.74) is 7.33. The van der Waals surface area contributed by atoms with Gasteiger partial charge in [0, 0.05) is 12.6 Å². The van der Waals surface area contributed by atoms with E-state index in [2.05, 4.69) is 4.98 Å². The molecule has 5 nitrogen and oxygen atoms in total. The van der Waals surface area contributed by atoms with Crippen LogP contribution in [0.25, 0.3) is 11.3 Å². The molecule has 1 aromatic heterocycles. The Balaban J connectivity index is 2.58. The van der Waals surface area contributed by atoms with Crippen molar-refractivity contribution in [1.29, 1.82) is 0 Å². The van der Waals surface area contributed by atoms with E-state index in [4.69, 9.17) is 26.8 Å². The van der Waals surface area contributed by atoms with Crippen LogP contribution in [0, 0.1) is 0 Å². The maximum Gasteiger partial charge on any atom is 0.201 e. The lowest BCUT2D eigenvalue weighted by molar-refractivity contribution is 0.355. The fourth-order valence-corrected chi connectivity index (χ4v) is 2.10. The molecule has 1 aromatic carbocycles. The maximum atomic E-state index is 6.07. The van der Waals surface area contributed by atoms with E-state index in [1.807, 2.05) is 18.2 Å².